The Morgan fingerprint density at radius 3 is 2.79 bits per heavy atom. The summed E-state index contributed by atoms with van der Waals surface area (Å²) in [5.41, 5.74) is 10.5. The molecule has 0 spiro atoms. The van der Waals surface area contributed by atoms with Gasteiger partial charge in [0.25, 0.3) is 5.91 Å². The Morgan fingerprint density at radius 1 is 1.35 bits per heavy atom. The second-order valence-corrected chi connectivity index (χ2v) is 9.32. The highest BCUT2D eigenvalue weighted by molar-refractivity contribution is 5.98. The number of pyridine rings is 1. The van der Waals surface area contributed by atoms with Crippen LogP contribution in [0.15, 0.2) is 30.3 Å². The summed E-state index contributed by atoms with van der Waals surface area (Å²) in [6.07, 6.45) is 0.926. The third-order valence-corrected chi connectivity index (χ3v) is 6.17. The van der Waals surface area contributed by atoms with E-state index in [1.807, 2.05) is 24.1 Å². The summed E-state index contributed by atoms with van der Waals surface area (Å²) in [6, 6.07) is 10.4. The Hall–Kier alpha value is -2.52. The van der Waals surface area contributed by atoms with Crippen molar-refractivity contribution in [2.45, 2.75) is 45.5 Å². The van der Waals surface area contributed by atoms with Crippen molar-refractivity contribution in [1.29, 1.82) is 0 Å². The molecule has 0 bridgehead atoms. The molecule has 8 heteroatoms. The minimum absolute atomic E-state index is 0.0154. The maximum atomic E-state index is 13.6. The molecule has 1 saturated heterocycles. The zero-order chi connectivity index (χ0) is 24.7. The molecular formula is C26H40N6O2. The third kappa shape index (κ3) is 6.54. The van der Waals surface area contributed by atoms with Gasteiger partial charge in [-0.15, -0.1) is 0 Å². The summed E-state index contributed by atoms with van der Waals surface area (Å²) < 4.78 is 5.47. The van der Waals surface area contributed by atoms with Crippen molar-refractivity contribution in [3.63, 3.8) is 0 Å². The van der Waals surface area contributed by atoms with Gasteiger partial charge in [0, 0.05) is 69.1 Å². The van der Waals surface area contributed by atoms with Crippen molar-refractivity contribution >= 4 is 11.7 Å². The minimum atomic E-state index is -0.0154. The molecular weight excluding hydrogens is 428 g/mol. The van der Waals surface area contributed by atoms with Gasteiger partial charge in [-0.1, -0.05) is 18.2 Å². The fourth-order valence-electron chi connectivity index (χ4n) is 4.31. The summed E-state index contributed by atoms with van der Waals surface area (Å²) in [7, 11) is 5.77. The van der Waals surface area contributed by atoms with Crippen LogP contribution in [0, 0.1) is 0 Å². The van der Waals surface area contributed by atoms with Crippen LogP contribution < -0.4 is 16.4 Å². The van der Waals surface area contributed by atoms with Crippen molar-refractivity contribution in [1.82, 2.24) is 20.1 Å². The van der Waals surface area contributed by atoms with Crippen molar-refractivity contribution in [2.24, 2.45) is 5.73 Å². The highest BCUT2D eigenvalue weighted by Crippen LogP contribution is 2.29. The highest BCUT2D eigenvalue weighted by atomic mass is 16.5. The van der Waals surface area contributed by atoms with Gasteiger partial charge in [0.05, 0.1) is 11.8 Å². The molecule has 1 aliphatic rings. The quantitative estimate of drug-likeness (QED) is 0.466. The van der Waals surface area contributed by atoms with E-state index in [0.29, 0.717) is 24.5 Å². The maximum absolute atomic E-state index is 13.6. The average Bonchev–Trinajstić information content (AvgIpc) is 3.31. The molecule has 0 aliphatic carbocycles. The van der Waals surface area contributed by atoms with E-state index in [2.05, 4.69) is 54.6 Å². The van der Waals surface area contributed by atoms with E-state index in [0.717, 1.165) is 42.9 Å². The topological polar surface area (TPSA) is 95.8 Å². The molecule has 8 nitrogen and oxygen atoms in total. The number of methoxy groups -OCH3 is 1. The second kappa shape index (κ2) is 12.3. The predicted octanol–water partition coefficient (Wildman–Crippen LogP) is 2.54. The number of carbonyl (C=O) groups is 1. The van der Waals surface area contributed by atoms with Crippen molar-refractivity contribution in [3.8, 4) is 11.3 Å². The number of nitrogens with two attached hydrogens (primary N) is 1. The SMILES string of the molecule is CNCCN(C)Cc1cccc(-c2cc(C(=O)N3CCC(OC)C3)c(CN)c(NC(C)C)n2)c1. The van der Waals surface area contributed by atoms with Crippen LogP contribution >= 0.6 is 0 Å². The molecule has 1 amide bonds. The molecule has 186 valence electrons. The molecule has 1 fully saturated rings. The average molecular weight is 469 g/mol. The zero-order valence-electron chi connectivity index (χ0n) is 21.2. The molecule has 2 heterocycles. The molecule has 1 atom stereocenters. The van der Waals surface area contributed by atoms with E-state index in [4.69, 9.17) is 15.5 Å². The van der Waals surface area contributed by atoms with Crippen LogP contribution in [0.3, 0.4) is 0 Å². The molecule has 2 aromatic rings. The standard InChI is InChI=1S/C26H40N6O2/c1-18(2)29-25-23(15-27)22(26(33)32-11-9-21(17-32)34-5)14-24(30-25)20-8-6-7-19(13-20)16-31(4)12-10-28-3/h6-8,13-14,18,21,28H,9-12,15-17,27H2,1-5H3,(H,29,30). The first-order chi connectivity index (χ1) is 16.4. The van der Waals surface area contributed by atoms with Crippen LogP contribution in [0.25, 0.3) is 11.3 Å². The van der Waals surface area contributed by atoms with E-state index in [1.54, 1.807) is 7.11 Å². The number of likely N-dealkylation sites (tertiary alicyclic amines) is 1. The fourth-order valence-corrected chi connectivity index (χ4v) is 4.31. The number of amides is 1. The minimum Gasteiger partial charge on any atom is -0.380 e. The maximum Gasteiger partial charge on any atom is 0.254 e. The van der Waals surface area contributed by atoms with Gasteiger partial charge in [-0.05, 0) is 52.1 Å². The van der Waals surface area contributed by atoms with E-state index in [1.165, 1.54) is 5.56 Å². The number of ether oxygens (including phenoxy) is 1. The Labute approximate surface area is 203 Å². The lowest BCUT2D eigenvalue weighted by Crippen LogP contribution is -2.31. The molecule has 1 aromatic heterocycles. The smallest absolute Gasteiger partial charge is 0.254 e. The Kier molecular flexibility index (Phi) is 9.41. The number of benzene rings is 1. The van der Waals surface area contributed by atoms with Crippen molar-refractivity contribution in [2.75, 3.05) is 52.7 Å². The molecule has 0 radical (unpaired) electrons. The molecule has 3 rings (SSSR count). The van der Waals surface area contributed by atoms with E-state index in [-0.39, 0.29) is 24.6 Å². The van der Waals surface area contributed by atoms with Gasteiger partial charge in [-0.2, -0.15) is 0 Å². The van der Waals surface area contributed by atoms with Gasteiger partial charge in [0.2, 0.25) is 0 Å². The molecule has 34 heavy (non-hydrogen) atoms. The zero-order valence-corrected chi connectivity index (χ0v) is 21.2. The first-order valence-corrected chi connectivity index (χ1v) is 12.1. The molecule has 1 aromatic carbocycles. The Morgan fingerprint density at radius 2 is 2.15 bits per heavy atom. The molecule has 1 aliphatic heterocycles. The van der Waals surface area contributed by atoms with E-state index < -0.39 is 0 Å². The number of hydrogen-bond donors (Lipinski definition) is 3. The monoisotopic (exact) mass is 468 g/mol. The lowest BCUT2D eigenvalue weighted by atomic mass is 10.0. The molecule has 4 N–H and O–H groups in total. The Bertz CT molecular complexity index is 964. The summed E-state index contributed by atoms with van der Waals surface area (Å²) in [5.74, 6) is 0.663. The van der Waals surface area contributed by atoms with Crippen LogP contribution in [0.5, 0.6) is 0 Å². The van der Waals surface area contributed by atoms with Crippen LogP contribution in [0.2, 0.25) is 0 Å². The van der Waals surface area contributed by atoms with Crippen molar-refractivity contribution < 1.29 is 9.53 Å². The fraction of sp³-hybridized carbons (Fsp3) is 0.538. The first kappa shape index (κ1) is 26.1. The number of anilines is 1. The predicted molar refractivity (Wildman–Crippen MR) is 138 cm³/mol. The largest absolute Gasteiger partial charge is 0.380 e. The number of nitrogens with zero attached hydrogens (tertiary/aromatic N) is 3. The van der Waals surface area contributed by atoms with E-state index in [9.17, 15) is 4.79 Å². The lowest BCUT2D eigenvalue weighted by molar-refractivity contribution is 0.0723. The highest BCUT2D eigenvalue weighted by Gasteiger charge is 2.29. The third-order valence-electron chi connectivity index (χ3n) is 6.17. The van der Waals surface area contributed by atoms with Gasteiger partial charge in [-0.25, -0.2) is 4.98 Å². The summed E-state index contributed by atoms with van der Waals surface area (Å²) in [4.78, 5) is 22.6. The molecule has 0 saturated carbocycles. The number of rotatable bonds is 11. The van der Waals surface area contributed by atoms with Gasteiger partial charge in [-0.3, -0.25) is 4.79 Å². The number of hydrogen-bond acceptors (Lipinski definition) is 7. The summed E-state index contributed by atoms with van der Waals surface area (Å²) in [5, 5.41) is 6.60. The first-order valence-electron chi connectivity index (χ1n) is 12.1. The lowest BCUT2D eigenvalue weighted by Gasteiger charge is -2.22. The second-order valence-electron chi connectivity index (χ2n) is 9.32. The van der Waals surface area contributed by atoms with Crippen LogP contribution in [-0.2, 0) is 17.8 Å². The Balaban J connectivity index is 1.98. The van der Waals surface area contributed by atoms with Gasteiger partial charge < -0.3 is 30.9 Å². The van der Waals surface area contributed by atoms with Gasteiger partial charge >= 0.3 is 0 Å². The van der Waals surface area contributed by atoms with E-state index >= 15 is 0 Å². The van der Waals surface area contributed by atoms with Crippen LogP contribution in [-0.4, -0.2) is 80.2 Å². The van der Waals surface area contributed by atoms with Crippen LogP contribution in [0.1, 0.15) is 41.8 Å². The number of carbonyl (C=O) groups excluding carboxylic acids is 1. The molecule has 1 unspecified atom stereocenters. The normalized spacial score (nSPS) is 16.0. The number of aromatic nitrogens is 1. The van der Waals surface area contributed by atoms with Gasteiger partial charge in [0.1, 0.15) is 5.82 Å². The summed E-state index contributed by atoms with van der Waals surface area (Å²) in [6.45, 7) is 8.37. The number of likely N-dealkylation sites (N-methyl/N-ethyl adjacent to an activating group) is 2. The summed E-state index contributed by atoms with van der Waals surface area (Å²) >= 11 is 0. The van der Waals surface area contributed by atoms with Gasteiger partial charge in [0.15, 0.2) is 0 Å². The van der Waals surface area contributed by atoms with Crippen LogP contribution in [0.4, 0.5) is 5.82 Å². The van der Waals surface area contributed by atoms with Crippen molar-refractivity contribution in [3.05, 3.63) is 47.0 Å². The number of nitrogens with one attached hydrogen (secondary N) is 2.